The lowest BCUT2D eigenvalue weighted by molar-refractivity contribution is 0.910. The molecule has 0 radical (unpaired) electrons. The summed E-state index contributed by atoms with van der Waals surface area (Å²) in [4.78, 5) is 7.81. The van der Waals surface area contributed by atoms with Gasteiger partial charge in [0.1, 0.15) is 11.0 Å². The average molecular weight is 177 g/mol. The lowest BCUT2D eigenvalue weighted by Gasteiger charge is -1.98. The quantitative estimate of drug-likeness (QED) is 0.486. The molecule has 0 aliphatic rings. The first-order chi connectivity index (χ1) is 4.70. The Kier molecular flexibility index (Phi) is 2.46. The molecular formula is C6H6Cl2N2. The summed E-state index contributed by atoms with van der Waals surface area (Å²) in [6.45, 7) is 1.80. The van der Waals surface area contributed by atoms with E-state index in [0.29, 0.717) is 11.0 Å². The monoisotopic (exact) mass is 176 g/mol. The number of alkyl halides is 1. The van der Waals surface area contributed by atoms with Crippen molar-refractivity contribution in [3.05, 3.63) is 23.2 Å². The number of rotatable bonds is 1. The van der Waals surface area contributed by atoms with E-state index in [2.05, 4.69) is 9.97 Å². The largest absolute Gasteiger partial charge is 0.240 e. The van der Waals surface area contributed by atoms with Crippen LogP contribution in [0.2, 0.25) is 5.15 Å². The lowest BCUT2D eigenvalue weighted by Crippen LogP contribution is -1.93. The standard InChI is InChI=1S/C6H6Cl2N2/c1-4(7)6-9-3-2-5(8)10-6/h2-4H,1H3/t4-/m0/s1. The Morgan fingerprint density at radius 3 is 2.70 bits per heavy atom. The summed E-state index contributed by atoms with van der Waals surface area (Å²) in [7, 11) is 0. The third-order valence-electron chi connectivity index (χ3n) is 0.996. The Balaban J connectivity index is 2.96. The fourth-order valence-electron chi connectivity index (χ4n) is 0.542. The van der Waals surface area contributed by atoms with Gasteiger partial charge >= 0.3 is 0 Å². The lowest BCUT2D eigenvalue weighted by atomic mass is 10.4. The molecule has 0 aliphatic carbocycles. The van der Waals surface area contributed by atoms with Crippen molar-refractivity contribution in [1.82, 2.24) is 9.97 Å². The molecule has 10 heavy (non-hydrogen) atoms. The van der Waals surface area contributed by atoms with E-state index < -0.39 is 0 Å². The molecule has 54 valence electrons. The third-order valence-corrected chi connectivity index (χ3v) is 1.40. The van der Waals surface area contributed by atoms with Crippen molar-refractivity contribution in [2.75, 3.05) is 0 Å². The van der Waals surface area contributed by atoms with Crippen molar-refractivity contribution < 1.29 is 0 Å². The second kappa shape index (κ2) is 3.17. The Bertz CT molecular complexity index is 225. The number of nitrogens with zero attached hydrogens (tertiary/aromatic N) is 2. The zero-order chi connectivity index (χ0) is 7.56. The highest BCUT2D eigenvalue weighted by molar-refractivity contribution is 6.29. The van der Waals surface area contributed by atoms with Gasteiger partial charge in [-0.05, 0) is 13.0 Å². The van der Waals surface area contributed by atoms with E-state index in [1.54, 1.807) is 19.2 Å². The van der Waals surface area contributed by atoms with Gasteiger partial charge < -0.3 is 0 Å². The van der Waals surface area contributed by atoms with Crippen LogP contribution in [0.3, 0.4) is 0 Å². The molecule has 4 heteroatoms. The predicted octanol–water partition coefficient (Wildman–Crippen LogP) is 2.43. The summed E-state index contributed by atoms with van der Waals surface area (Å²) in [5.41, 5.74) is 0. The molecule has 0 fully saturated rings. The van der Waals surface area contributed by atoms with Gasteiger partial charge in [0.25, 0.3) is 0 Å². The molecule has 1 rings (SSSR count). The average Bonchev–Trinajstić information content (AvgIpc) is 1.88. The molecule has 0 aliphatic heterocycles. The summed E-state index contributed by atoms with van der Waals surface area (Å²) in [5.74, 6) is 0.564. The molecule has 0 bridgehead atoms. The summed E-state index contributed by atoms with van der Waals surface area (Å²) in [6, 6.07) is 1.62. The highest BCUT2D eigenvalue weighted by atomic mass is 35.5. The van der Waals surface area contributed by atoms with Gasteiger partial charge in [-0.1, -0.05) is 11.6 Å². The Morgan fingerprint density at radius 2 is 2.30 bits per heavy atom. The van der Waals surface area contributed by atoms with Gasteiger partial charge in [-0.2, -0.15) is 0 Å². The Labute approximate surface area is 69.2 Å². The first kappa shape index (κ1) is 7.76. The van der Waals surface area contributed by atoms with Crippen LogP contribution in [0.25, 0.3) is 0 Å². The molecule has 1 aromatic rings. The van der Waals surface area contributed by atoms with Crippen LogP contribution in [0, 0.1) is 0 Å². The molecule has 1 atom stereocenters. The van der Waals surface area contributed by atoms with E-state index in [9.17, 15) is 0 Å². The maximum absolute atomic E-state index is 5.69. The van der Waals surface area contributed by atoms with Crippen LogP contribution < -0.4 is 0 Å². The maximum Gasteiger partial charge on any atom is 0.147 e. The zero-order valence-corrected chi connectivity index (χ0v) is 6.89. The van der Waals surface area contributed by atoms with Gasteiger partial charge in [0.15, 0.2) is 0 Å². The fourth-order valence-corrected chi connectivity index (χ4v) is 0.790. The van der Waals surface area contributed by atoms with Gasteiger partial charge in [0.05, 0.1) is 5.38 Å². The van der Waals surface area contributed by atoms with Crippen molar-refractivity contribution in [3.8, 4) is 0 Å². The SMILES string of the molecule is C[C@H](Cl)c1nccc(Cl)n1. The van der Waals surface area contributed by atoms with Gasteiger partial charge in [0, 0.05) is 6.20 Å². The predicted molar refractivity (Wildman–Crippen MR) is 41.3 cm³/mol. The normalized spacial score (nSPS) is 13.1. The topological polar surface area (TPSA) is 25.8 Å². The molecule has 0 spiro atoms. The second-order valence-electron chi connectivity index (χ2n) is 1.85. The maximum atomic E-state index is 5.69. The first-order valence-corrected chi connectivity index (χ1v) is 3.64. The molecule has 0 amide bonds. The molecule has 1 aromatic heterocycles. The molecule has 2 nitrogen and oxygen atoms in total. The number of hydrogen-bond donors (Lipinski definition) is 0. The van der Waals surface area contributed by atoms with Crippen molar-refractivity contribution in [3.63, 3.8) is 0 Å². The van der Waals surface area contributed by atoms with Gasteiger partial charge in [-0.3, -0.25) is 0 Å². The molecule has 0 aromatic carbocycles. The van der Waals surface area contributed by atoms with Crippen LogP contribution in [0.15, 0.2) is 12.3 Å². The molecular weight excluding hydrogens is 171 g/mol. The minimum absolute atomic E-state index is 0.182. The van der Waals surface area contributed by atoms with Crippen LogP contribution in [0.4, 0.5) is 0 Å². The van der Waals surface area contributed by atoms with E-state index in [0.717, 1.165) is 0 Å². The van der Waals surface area contributed by atoms with Crippen molar-refractivity contribution in [1.29, 1.82) is 0 Å². The summed E-state index contributed by atoms with van der Waals surface area (Å²) in [6.07, 6.45) is 1.59. The van der Waals surface area contributed by atoms with Gasteiger partial charge in [-0.15, -0.1) is 11.6 Å². The first-order valence-electron chi connectivity index (χ1n) is 2.82. The summed E-state index contributed by atoms with van der Waals surface area (Å²) in [5, 5.41) is 0.246. The molecule has 0 unspecified atom stereocenters. The summed E-state index contributed by atoms with van der Waals surface area (Å²) < 4.78 is 0. The number of hydrogen-bond acceptors (Lipinski definition) is 2. The molecule has 0 saturated carbocycles. The van der Waals surface area contributed by atoms with Crippen LogP contribution in [-0.4, -0.2) is 9.97 Å². The molecule has 0 N–H and O–H groups in total. The molecule has 0 saturated heterocycles. The molecule has 1 heterocycles. The highest BCUT2D eigenvalue weighted by Gasteiger charge is 2.03. The van der Waals surface area contributed by atoms with E-state index >= 15 is 0 Å². The van der Waals surface area contributed by atoms with Crippen molar-refractivity contribution >= 4 is 23.2 Å². The summed E-state index contributed by atoms with van der Waals surface area (Å²) >= 11 is 11.3. The second-order valence-corrected chi connectivity index (χ2v) is 2.90. The van der Waals surface area contributed by atoms with E-state index in [-0.39, 0.29) is 5.38 Å². The minimum atomic E-state index is -0.182. The van der Waals surface area contributed by atoms with Crippen LogP contribution >= 0.6 is 23.2 Å². The number of aromatic nitrogens is 2. The van der Waals surface area contributed by atoms with Crippen LogP contribution in [0.5, 0.6) is 0 Å². The third kappa shape index (κ3) is 1.82. The van der Waals surface area contributed by atoms with E-state index in [1.807, 2.05) is 0 Å². The van der Waals surface area contributed by atoms with Gasteiger partial charge in [-0.25, -0.2) is 9.97 Å². The van der Waals surface area contributed by atoms with E-state index in [1.165, 1.54) is 0 Å². The fraction of sp³-hybridized carbons (Fsp3) is 0.333. The Morgan fingerprint density at radius 1 is 1.60 bits per heavy atom. The van der Waals surface area contributed by atoms with Crippen molar-refractivity contribution in [2.24, 2.45) is 0 Å². The smallest absolute Gasteiger partial charge is 0.147 e. The number of halogens is 2. The van der Waals surface area contributed by atoms with E-state index in [4.69, 9.17) is 23.2 Å². The van der Waals surface area contributed by atoms with Crippen LogP contribution in [-0.2, 0) is 0 Å². The van der Waals surface area contributed by atoms with Crippen LogP contribution in [0.1, 0.15) is 18.1 Å². The zero-order valence-electron chi connectivity index (χ0n) is 5.38. The highest BCUT2D eigenvalue weighted by Crippen LogP contribution is 2.15. The minimum Gasteiger partial charge on any atom is -0.240 e. The Hall–Kier alpha value is -0.340. The van der Waals surface area contributed by atoms with Gasteiger partial charge in [0.2, 0.25) is 0 Å². The van der Waals surface area contributed by atoms with Crippen molar-refractivity contribution in [2.45, 2.75) is 12.3 Å².